The number of rotatable bonds is 3. The summed E-state index contributed by atoms with van der Waals surface area (Å²) in [5.41, 5.74) is 1.42. The molecule has 0 spiro atoms. The van der Waals surface area contributed by atoms with Crippen molar-refractivity contribution in [2.45, 2.75) is 6.54 Å². The molecule has 106 valence electrons. The number of hydrogen-bond donors (Lipinski definition) is 1. The summed E-state index contributed by atoms with van der Waals surface area (Å²) in [6.45, 7) is 0.133. The zero-order valence-corrected chi connectivity index (χ0v) is 12.6. The van der Waals surface area contributed by atoms with Crippen LogP contribution < -0.4 is 5.32 Å². The zero-order chi connectivity index (χ0) is 14.8. The molecule has 3 aromatic rings. The molecule has 2 aromatic carbocycles. The predicted molar refractivity (Wildman–Crippen MR) is 84.7 cm³/mol. The number of aromatic nitrogens is 1. The van der Waals surface area contributed by atoms with Gasteiger partial charge in [-0.25, -0.2) is 4.39 Å². The van der Waals surface area contributed by atoms with Gasteiger partial charge in [0.05, 0.1) is 11.2 Å². The van der Waals surface area contributed by atoms with Gasteiger partial charge in [-0.3, -0.25) is 4.79 Å². The number of fused-ring (bicyclic) bond motifs is 1. The lowest BCUT2D eigenvalue weighted by Crippen LogP contribution is -2.18. The van der Waals surface area contributed by atoms with Crippen molar-refractivity contribution in [3.8, 4) is 0 Å². The van der Waals surface area contributed by atoms with Crippen LogP contribution in [0.5, 0.6) is 0 Å². The van der Waals surface area contributed by atoms with Crippen molar-refractivity contribution in [1.29, 1.82) is 0 Å². The van der Waals surface area contributed by atoms with Crippen molar-refractivity contribution < 1.29 is 9.18 Å². The van der Waals surface area contributed by atoms with Gasteiger partial charge in [0.2, 0.25) is 5.91 Å². The maximum Gasteiger partial charge on any atom is 0.244 e. The molecule has 21 heavy (non-hydrogen) atoms. The van der Waals surface area contributed by atoms with Gasteiger partial charge < -0.3 is 9.88 Å². The summed E-state index contributed by atoms with van der Waals surface area (Å²) in [6, 6.07) is 13.8. The Morgan fingerprint density at radius 2 is 2.00 bits per heavy atom. The molecule has 0 aliphatic carbocycles. The molecule has 5 heteroatoms. The number of carbonyl (C=O) groups is 1. The van der Waals surface area contributed by atoms with Crippen molar-refractivity contribution in [3.63, 3.8) is 0 Å². The number of benzene rings is 2. The molecule has 0 radical (unpaired) electrons. The molecule has 0 unspecified atom stereocenters. The zero-order valence-electron chi connectivity index (χ0n) is 11.0. The van der Waals surface area contributed by atoms with Gasteiger partial charge in [-0.2, -0.15) is 0 Å². The third kappa shape index (κ3) is 2.97. The van der Waals surface area contributed by atoms with Gasteiger partial charge in [-0.1, -0.05) is 12.1 Å². The summed E-state index contributed by atoms with van der Waals surface area (Å²) < 4.78 is 15.9. The Hall–Kier alpha value is -2.14. The number of para-hydroxylation sites is 1. The number of halogens is 2. The molecule has 3 nitrogen and oxygen atoms in total. The first-order valence-corrected chi connectivity index (χ1v) is 7.21. The van der Waals surface area contributed by atoms with E-state index < -0.39 is 0 Å². The minimum absolute atomic E-state index is 0.133. The largest absolute Gasteiger partial charge is 0.338 e. The van der Waals surface area contributed by atoms with E-state index in [0.29, 0.717) is 11.2 Å². The fraction of sp³-hybridized carbons (Fsp3) is 0.0625. The van der Waals surface area contributed by atoms with Crippen molar-refractivity contribution in [2.75, 3.05) is 5.32 Å². The van der Waals surface area contributed by atoms with Crippen LogP contribution in [0.15, 0.2) is 59.2 Å². The van der Waals surface area contributed by atoms with Gasteiger partial charge in [0, 0.05) is 10.7 Å². The van der Waals surface area contributed by atoms with Crippen LogP contribution in [-0.4, -0.2) is 10.5 Å². The molecule has 0 saturated carbocycles. The molecular formula is C16H12BrFN2O. The van der Waals surface area contributed by atoms with E-state index in [9.17, 15) is 9.18 Å². The molecular weight excluding hydrogens is 335 g/mol. The van der Waals surface area contributed by atoms with Crippen LogP contribution in [0.4, 0.5) is 10.1 Å². The highest BCUT2D eigenvalue weighted by Crippen LogP contribution is 2.22. The Labute approximate surface area is 129 Å². The molecule has 0 bridgehead atoms. The minimum atomic E-state index is -0.311. The average Bonchev–Trinajstić information content (AvgIpc) is 2.84. The van der Waals surface area contributed by atoms with E-state index in [0.717, 1.165) is 9.86 Å². The average molecular weight is 347 g/mol. The van der Waals surface area contributed by atoms with E-state index in [2.05, 4.69) is 21.2 Å². The molecule has 0 aliphatic heterocycles. The number of amides is 1. The van der Waals surface area contributed by atoms with Crippen LogP contribution in [-0.2, 0) is 11.3 Å². The fourth-order valence-corrected chi connectivity index (χ4v) is 2.59. The quantitative estimate of drug-likeness (QED) is 0.758. The second kappa shape index (κ2) is 5.69. The van der Waals surface area contributed by atoms with E-state index >= 15 is 0 Å². The maximum absolute atomic E-state index is 13.3. The SMILES string of the molecule is O=C(Cn1ccc2ccc(F)cc21)Nc1ccccc1Br. The summed E-state index contributed by atoms with van der Waals surface area (Å²) in [7, 11) is 0. The number of anilines is 1. The Morgan fingerprint density at radius 3 is 2.81 bits per heavy atom. The lowest BCUT2D eigenvalue weighted by Gasteiger charge is -2.09. The number of nitrogens with one attached hydrogen (secondary N) is 1. The summed E-state index contributed by atoms with van der Waals surface area (Å²) in [5.74, 6) is -0.475. The summed E-state index contributed by atoms with van der Waals surface area (Å²) in [4.78, 5) is 12.1. The van der Waals surface area contributed by atoms with Crippen LogP contribution in [0, 0.1) is 5.82 Å². The lowest BCUT2D eigenvalue weighted by atomic mass is 10.2. The summed E-state index contributed by atoms with van der Waals surface area (Å²) in [5, 5.41) is 3.73. The first kappa shape index (κ1) is 13.8. The standard InChI is InChI=1S/C16H12BrFN2O/c17-13-3-1-2-4-14(13)19-16(21)10-20-8-7-11-5-6-12(18)9-15(11)20/h1-9H,10H2,(H,19,21). The van der Waals surface area contributed by atoms with E-state index in [1.165, 1.54) is 12.1 Å². The number of carbonyl (C=O) groups excluding carboxylic acids is 1. The second-order valence-electron chi connectivity index (χ2n) is 4.67. The van der Waals surface area contributed by atoms with Crippen LogP contribution in [0.25, 0.3) is 10.9 Å². The lowest BCUT2D eigenvalue weighted by molar-refractivity contribution is -0.116. The molecule has 1 N–H and O–H groups in total. The molecule has 1 amide bonds. The van der Waals surface area contributed by atoms with E-state index in [-0.39, 0.29) is 18.3 Å². The third-order valence-electron chi connectivity index (χ3n) is 3.20. The molecule has 0 saturated heterocycles. The smallest absolute Gasteiger partial charge is 0.244 e. The van der Waals surface area contributed by atoms with Gasteiger partial charge in [0.15, 0.2) is 0 Å². The molecule has 0 aliphatic rings. The monoisotopic (exact) mass is 346 g/mol. The Balaban J connectivity index is 1.80. The fourth-order valence-electron chi connectivity index (χ4n) is 2.20. The van der Waals surface area contributed by atoms with Gasteiger partial charge in [0.1, 0.15) is 12.4 Å². The van der Waals surface area contributed by atoms with E-state index in [4.69, 9.17) is 0 Å². The van der Waals surface area contributed by atoms with Crippen molar-refractivity contribution >= 4 is 38.4 Å². The molecule has 0 atom stereocenters. The molecule has 1 aromatic heterocycles. The highest BCUT2D eigenvalue weighted by molar-refractivity contribution is 9.10. The molecule has 3 rings (SSSR count). The first-order chi connectivity index (χ1) is 10.1. The van der Waals surface area contributed by atoms with Crippen LogP contribution in [0.1, 0.15) is 0 Å². The van der Waals surface area contributed by atoms with E-state index in [1.54, 1.807) is 16.8 Å². The van der Waals surface area contributed by atoms with Crippen molar-refractivity contribution in [1.82, 2.24) is 4.57 Å². The van der Waals surface area contributed by atoms with E-state index in [1.807, 2.05) is 30.3 Å². The Kier molecular flexibility index (Phi) is 3.75. The Bertz CT molecular complexity index is 813. The van der Waals surface area contributed by atoms with Crippen molar-refractivity contribution in [3.05, 3.63) is 65.0 Å². The van der Waals surface area contributed by atoms with Crippen molar-refractivity contribution in [2.24, 2.45) is 0 Å². The van der Waals surface area contributed by atoms with Crippen LogP contribution in [0.3, 0.4) is 0 Å². The first-order valence-electron chi connectivity index (χ1n) is 6.42. The van der Waals surface area contributed by atoms with Gasteiger partial charge in [0.25, 0.3) is 0 Å². The highest BCUT2D eigenvalue weighted by atomic mass is 79.9. The number of hydrogen-bond acceptors (Lipinski definition) is 1. The van der Waals surface area contributed by atoms with Gasteiger partial charge >= 0.3 is 0 Å². The normalized spacial score (nSPS) is 10.8. The molecule has 1 heterocycles. The third-order valence-corrected chi connectivity index (χ3v) is 3.89. The minimum Gasteiger partial charge on any atom is -0.338 e. The number of nitrogens with zero attached hydrogens (tertiary/aromatic N) is 1. The predicted octanol–water partition coefficient (Wildman–Crippen LogP) is 4.18. The van der Waals surface area contributed by atoms with Gasteiger partial charge in [-0.05, 0) is 57.7 Å². The maximum atomic E-state index is 13.3. The second-order valence-corrected chi connectivity index (χ2v) is 5.53. The van der Waals surface area contributed by atoms with Crippen LogP contribution >= 0.6 is 15.9 Å². The summed E-state index contributed by atoms with van der Waals surface area (Å²) >= 11 is 3.38. The molecule has 0 fully saturated rings. The Morgan fingerprint density at radius 1 is 1.19 bits per heavy atom. The summed E-state index contributed by atoms with van der Waals surface area (Å²) in [6.07, 6.45) is 1.78. The highest BCUT2D eigenvalue weighted by Gasteiger charge is 2.08. The topological polar surface area (TPSA) is 34.0 Å². The van der Waals surface area contributed by atoms with Gasteiger partial charge in [-0.15, -0.1) is 0 Å². The van der Waals surface area contributed by atoms with Crippen LogP contribution in [0.2, 0.25) is 0 Å².